The molecule has 2 aromatic rings. The van der Waals surface area contributed by atoms with E-state index in [4.69, 9.17) is 8.37 Å². The molecule has 0 spiro atoms. The summed E-state index contributed by atoms with van der Waals surface area (Å²) in [4.78, 5) is 0.325. The lowest BCUT2D eigenvalue weighted by atomic mass is 10.0. The van der Waals surface area contributed by atoms with Crippen LogP contribution in [0.2, 0.25) is 0 Å². The third kappa shape index (κ3) is 4.61. The second kappa shape index (κ2) is 8.07. The molecule has 8 heteroatoms. The summed E-state index contributed by atoms with van der Waals surface area (Å²) in [5.41, 5.74) is 1.96. The topological polar surface area (TPSA) is 86.7 Å². The van der Waals surface area contributed by atoms with Crippen molar-refractivity contribution in [2.75, 3.05) is 0 Å². The van der Waals surface area contributed by atoms with Crippen LogP contribution < -0.4 is 0 Å². The van der Waals surface area contributed by atoms with E-state index in [-0.39, 0.29) is 33.8 Å². The van der Waals surface area contributed by atoms with Crippen molar-refractivity contribution < 1.29 is 25.2 Å². The normalized spacial score (nSPS) is 26.6. The molecule has 2 aromatic carbocycles. The first kappa shape index (κ1) is 21.5. The lowest BCUT2D eigenvalue weighted by Crippen LogP contribution is -2.20. The smallest absolute Gasteiger partial charge is 0.263 e. The van der Waals surface area contributed by atoms with Crippen LogP contribution in [-0.4, -0.2) is 29.0 Å². The van der Waals surface area contributed by atoms with Gasteiger partial charge in [0.1, 0.15) is 0 Å². The van der Waals surface area contributed by atoms with E-state index < -0.39 is 20.2 Å². The maximum absolute atomic E-state index is 12.5. The first-order valence-electron chi connectivity index (χ1n) is 10.1. The van der Waals surface area contributed by atoms with Crippen LogP contribution in [-0.2, 0) is 28.6 Å². The second-order valence-corrected chi connectivity index (χ2v) is 11.6. The number of hydrogen-bond acceptors (Lipinski definition) is 6. The third-order valence-corrected chi connectivity index (χ3v) is 8.82. The molecule has 2 aliphatic rings. The highest BCUT2D eigenvalue weighted by Gasteiger charge is 2.45. The molecular weight excluding hydrogens is 424 g/mol. The van der Waals surface area contributed by atoms with Gasteiger partial charge < -0.3 is 0 Å². The Morgan fingerprint density at radius 2 is 0.900 bits per heavy atom. The molecule has 2 saturated carbocycles. The van der Waals surface area contributed by atoms with Gasteiger partial charge in [-0.05, 0) is 75.6 Å². The molecule has 2 fully saturated rings. The zero-order valence-electron chi connectivity index (χ0n) is 17.0. The van der Waals surface area contributed by atoms with Crippen molar-refractivity contribution >= 4 is 20.2 Å². The molecular formula is C22H26O6S2. The van der Waals surface area contributed by atoms with Crippen LogP contribution in [0.15, 0.2) is 58.3 Å². The van der Waals surface area contributed by atoms with E-state index in [0.717, 1.165) is 11.1 Å². The van der Waals surface area contributed by atoms with Crippen LogP contribution in [0.4, 0.5) is 0 Å². The standard InChI is InChI=1S/C22H26O6S2/c1-15-3-7-21(8-4-15)29(23,24)27-19-11-17-13-20(14-18(17)12-19)28-30(25,26)22-9-5-16(2)6-10-22/h3-10,17-20H,11-14H2,1-2H3. The average Bonchev–Trinajstić information content (AvgIpc) is 3.19. The molecule has 0 unspecified atom stereocenters. The van der Waals surface area contributed by atoms with Crippen molar-refractivity contribution in [1.82, 2.24) is 0 Å². The van der Waals surface area contributed by atoms with Crippen molar-refractivity contribution in [3.8, 4) is 0 Å². The Balaban J connectivity index is 1.35. The monoisotopic (exact) mass is 450 g/mol. The number of fused-ring (bicyclic) bond motifs is 1. The average molecular weight is 451 g/mol. The Labute approximate surface area is 178 Å². The van der Waals surface area contributed by atoms with Gasteiger partial charge in [0.05, 0.1) is 22.0 Å². The molecule has 162 valence electrons. The van der Waals surface area contributed by atoms with Crippen molar-refractivity contribution in [1.29, 1.82) is 0 Å². The van der Waals surface area contributed by atoms with Crippen molar-refractivity contribution in [2.24, 2.45) is 11.8 Å². The first-order valence-corrected chi connectivity index (χ1v) is 12.9. The van der Waals surface area contributed by atoms with E-state index in [0.29, 0.717) is 25.7 Å². The fourth-order valence-electron chi connectivity index (χ4n) is 4.54. The van der Waals surface area contributed by atoms with E-state index >= 15 is 0 Å². The summed E-state index contributed by atoms with van der Waals surface area (Å²) in [7, 11) is -7.60. The van der Waals surface area contributed by atoms with E-state index in [2.05, 4.69) is 0 Å². The van der Waals surface area contributed by atoms with E-state index in [1.165, 1.54) is 0 Å². The number of rotatable bonds is 6. The maximum atomic E-state index is 12.5. The van der Waals surface area contributed by atoms with E-state index in [1.807, 2.05) is 13.8 Å². The van der Waals surface area contributed by atoms with Crippen molar-refractivity contribution in [3.63, 3.8) is 0 Å². The van der Waals surface area contributed by atoms with Gasteiger partial charge in [0.25, 0.3) is 20.2 Å². The molecule has 4 rings (SSSR count). The van der Waals surface area contributed by atoms with Crippen LogP contribution in [0.1, 0.15) is 36.8 Å². The molecule has 0 radical (unpaired) electrons. The van der Waals surface area contributed by atoms with Gasteiger partial charge >= 0.3 is 0 Å². The Kier molecular flexibility index (Phi) is 5.78. The van der Waals surface area contributed by atoms with Gasteiger partial charge in [0.2, 0.25) is 0 Å². The Hall–Kier alpha value is -1.74. The van der Waals surface area contributed by atoms with Crippen LogP contribution in [0.5, 0.6) is 0 Å². The molecule has 0 atom stereocenters. The number of hydrogen-bond donors (Lipinski definition) is 0. The number of aryl methyl sites for hydroxylation is 2. The Morgan fingerprint density at radius 3 is 1.20 bits per heavy atom. The highest BCUT2D eigenvalue weighted by atomic mass is 32.2. The molecule has 2 aliphatic carbocycles. The third-order valence-electron chi connectivity index (χ3n) is 6.07. The van der Waals surface area contributed by atoms with Gasteiger partial charge in [-0.15, -0.1) is 0 Å². The molecule has 0 aliphatic heterocycles. The van der Waals surface area contributed by atoms with Gasteiger partial charge in [0, 0.05) is 0 Å². The van der Waals surface area contributed by atoms with Gasteiger partial charge in [0.15, 0.2) is 0 Å². The van der Waals surface area contributed by atoms with Crippen LogP contribution in [0, 0.1) is 25.7 Å². The van der Waals surface area contributed by atoms with Gasteiger partial charge in [-0.25, -0.2) is 0 Å². The summed E-state index contributed by atoms with van der Waals surface area (Å²) in [5.74, 6) is 0.419. The largest absolute Gasteiger partial charge is 0.297 e. The summed E-state index contributed by atoms with van der Waals surface area (Å²) in [6.07, 6.45) is 1.64. The predicted octanol–water partition coefficient (Wildman–Crippen LogP) is 3.97. The Morgan fingerprint density at radius 1 is 0.600 bits per heavy atom. The highest BCUT2D eigenvalue weighted by molar-refractivity contribution is 7.87. The van der Waals surface area contributed by atoms with Crippen molar-refractivity contribution in [3.05, 3.63) is 59.7 Å². The molecule has 0 bridgehead atoms. The fourth-order valence-corrected chi connectivity index (χ4v) is 6.73. The fraction of sp³-hybridized carbons (Fsp3) is 0.455. The van der Waals surface area contributed by atoms with Crippen LogP contribution in [0.25, 0.3) is 0 Å². The maximum Gasteiger partial charge on any atom is 0.297 e. The minimum atomic E-state index is -3.80. The molecule has 6 nitrogen and oxygen atoms in total. The quantitative estimate of drug-likeness (QED) is 0.619. The van der Waals surface area contributed by atoms with E-state index in [9.17, 15) is 16.8 Å². The number of benzene rings is 2. The molecule has 0 aromatic heterocycles. The highest BCUT2D eigenvalue weighted by Crippen LogP contribution is 2.47. The molecule has 0 N–H and O–H groups in total. The van der Waals surface area contributed by atoms with Crippen molar-refractivity contribution in [2.45, 2.75) is 61.5 Å². The SMILES string of the molecule is Cc1ccc(S(=O)(=O)OC2CC3CC(OS(=O)(=O)c4ccc(C)cc4)CC3C2)cc1. The minimum absolute atomic E-state index is 0.163. The lowest BCUT2D eigenvalue weighted by Gasteiger charge is -2.16. The summed E-state index contributed by atoms with van der Waals surface area (Å²) < 4.78 is 61.1. The van der Waals surface area contributed by atoms with Crippen LogP contribution in [0.3, 0.4) is 0 Å². The minimum Gasteiger partial charge on any atom is -0.263 e. The summed E-state index contributed by atoms with van der Waals surface area (Å²) >= 11 is 0. The zero-order chi connectivity index (χ0) is 21.5. The van der Waals surface area contributed by atoms with Crippen LogP contribution >= 0.6 is 0 Å². The van der Waals surface area contributed by atoms with Gasteiger partial charge in [-0.3, -0.25) is 8.37 Å². The predicted molar refractivity (Wildman–Crippen MR) is 112 cm³/mol. The molecule has 0 heterocycles. The molecule has 0 saturated heterocycles. The first-order chi connectivity index (χ1) is 14.1. The zero-order valence-corrected chi connectivity index (χ0v) is 18.7. The lowest BCUT2D eigenvalue weighted by molar-refractivity contribution is 0.173. The van der Waals surface area contributed by atoms with Gasteiger partial charge in [-0.2, -0.15) is 16.8 Å². The Bertz CT molecular complexity index is 1000. The molecule has 30 heavy (non-hydrogen) atoms. The molecule has 0 amide bonds. The summed E-state index contributed by atoms with van der Waals surface area (Å²) in [6, 6.07) is 13.2. The summed E-state index contributed by atoms with van der Waals surface area (Å²) in [6.45, 7) is 3.79. The van der Waals surface area contributed by atoms with E-state index in [1.54, 1.807) is 48.5 Å². The second-order valence-electron chi connectivity index (χ2n) is 8.43. The summed E-state index contributed by atoms with van der Waals surface area (Å²) in [5, 5.41) is 0. The van der Waals surface area contributed by atoms with Gasteiger partial charge in [-0.1, -0.05) is 35.4 Å².